The minimum absolute atomic E-state index is 0.0266. The number of hydrogen-bond acceptors (Lipinski definition) is 7. The highest BCUT2D eigenvalue weighted by atomic mass is 16.5. The van der Waals surface area contributed by atoms with E-state index in [1.54, 1.807) is 46.6 Å². The van der Waals surface area contributed by atoms with Gasteiger partial charge in [0.2, 0.25) is 11.8 Å². The maximum absolute atomic E-state index is 13.6. The molecule has 0 aromatic carbocycles. The first-order valence-corrected chi connectivity index (χ1v) is 12.7. The van der Waals surface area contributed by atoms with Crippen LogP contribution in [-0.2, 0) is 25.5 Å². The summed E-state index contributed by atoms with van der Waals surface area (Å²) in [7, 11) is 1.26. The number of ether oxygens (including phenoxy) is 1. The van der Waals surface area contributed by atoms with Gasteiger partial charge in [-0.1, -0.05) is 25.3 Å². The Bertz CT molecular complexity index is 1090. The van der Waals surface area contributed by atoms with Crippen molar-refractivity contribution in [3.8, 4) is 0 Å². The minimum atomic E-state index is -0.960. The summed E-state index contributed by atoms with van der Waals surface area (Å²) in [6.07, 6.45) is 11.2. The van der Waals surface area contributed by atoms with Crippen molar-refractivity contribution in [2.75, 3.05) is 26.7 Å². The van der Waals surface area contributed by atoms with Crippen LogP contribution in [0.4, 0.5) is 0 Å². The number of carbonyl (C=O) groups excluding carboxylic acids is 4. The lowest BCUT2D eigenvalue weighted by atomic mass is 9.87. The smallest absolute Gasteiger partial charge is 0.328 e. The van der Waals surface area contributed by atoms with Crippen LogP contribution in [0.5, 0.6) is 0 Å². The number of aromatic nitrogens is 2. The molecule has 10 heteroatoms. The second-order valence-corrected chi connectivity index (χ2v) is 9.52. The Labute approximate surface area is 216 Å². The third-order valence-electron chi connectivity index (χ3n) is 7.08. The average molecular weight is 508 g/mol. The number of hydrogen-bond donors (Lipinski definition) is 1. The Balaban J connectivity index is 1.55. The molecule has 1 saturated carbocycles. The molecule has 0 bridgehead atoms. The molecule has 3 heterocycles. The largest absolute Gasteiger partial charge is 0.467 e. The van der Waals surface area contributed by atoms with Crippen LogP contribution in [0.2, 0.25) is 0 Å². The number of esters is 1. The first kappa shape index (κ1) is 26.2. The van der Waals surface area contributed by atoms with Gasteiger partial charge in [0.15, 0.2) is 0 Å². The summed E-state index contributed by atoms with van der Waals surface area (Å²) >= 11 is 0. The topological polar surface area (TPSA) is 122 Å². The summed E-state index contributed by atoms with van der Waals surface area (Å²) in [6.45, 7) is 0.579. The van der Waals surface area contributed by atoms with Crippen molar-refractivity contribution in [2.45, 2.75) is 50.6 Å². The van der Waals surface area contributed by atoms with Crippen LogP contribution in [0, 0.1) is 5.92 Å². The second-order valence-electron chi connectivity index (χ2n) is 9.52. The van der Waals surface area contributed by atoms with Gasteiger partial charge in [-0.25, -0.2) is 4.79 Å². The third-order valence-corrected chi connectivity index (χ3v) is 7.08. The van der Waals surface area contributed by atoms with Crippen molar-refractivity contribution in [1.29, 1.82) is 0 Å². The maximum Gasteiger partial charge on any atom is 0.328 e. The Morgan fingerprint density at radius 2 is 1.76 bits per heavy atom. The standard InChI is InChI=1S/C27H33N5O5/c1-37-27(36)22(15-19-7-5-11-28-16-19)30-24(33)23-18-31(25(34)21-10-6-12-29-17-21)13-14-32(23)26(35)20-8-3-2-4-9-20/h5-7,10-12,16-17,20,22-23H,2-4,8-9,13-15,18H2,1H3,(H,30,33). The Morgan fingerprint density at radius 3 is 2.41 bits per heavy atom. The number of nitrogens with zero attached hydrogens (tertiary/aromatic N) is 4. The van der Waals surface area contributed by atoms with Gasteiger partial charge in [-0.2, -0.15) is 0 Å². The van der Waals surface area contributed by atoms with Crippen molar-refractivity contribution in [2.24, 2.45) is 5.92 Å². The molecule has 10 nitrogen and oxygen atoms in total. The van der Waals surface area contributed by atoms with E-state index in [2.05, 4.69) is 15.3 Å². The predicted octanol–water partition coefficient (Wildman–Crippen LogP) is 1.61. The molecule has 4 rings (SSSR count). The van der Waals surface area contributed by atoms with Gasteiger partial charge in [-0.05, 0) is 36.6 Å². The molecule has 2 fully saturated rings. The molecule has 1 aliphatic carbocycles. The van der Waals surface area contributed by atoms with Gasteiger partial charge in [0.05, 0.1) is 19.2 Å². The van der Waals surface area contributed by atoms with Crippen LogP contribution < -0.4 is 5.32 Å². The van der Waals surface area contributed by atoms with Gasteiger partial charge in [0.25, 0.3) is 5.91 Å². The van der Waals surface area contributed by atoms with Crippen LogP contribution in [0.3, 0.4) is 0 Å². The van der Waals surface area contributed by atoms with Gasteiger partial charge in [0.1, 0.15) is 12.1 Å². The molecule has 2 aromatic heterocycles. The Morgan fingerprint density at radius 1 is 1.03 bits per heavy atom. The number of piperazine rings is 1. The third kappa shape index (κ3) is 6.49. The number of methoxy groups -OCH3 is 1. The van der Waals surface area contributed by atoms with E-state index in [1.165, 1.54) is 13.3 Å². The van der Waals surface area contributed by atoms with Crippen LogP contribution in [0.1, 0.15) is 48.0 Å². The van der Waals surface area contributed by atoms with Crippen molar-refractivity contribution in [3.05, 3.63) is 60.2 Å². The number of pyridine rings is 2. The van der Waals surface area contributed by atoms with Crippen molar-refractivity contribution in [1.82, 2.24) is 25.1 Å². The van der Waals surface area contributed by atoms with E-state index in [1.807, 2.05) is 6.07 Å². The lowest BCUT2D eigenvalue weighted by Crippen LogP contribution is -2.63. The summed E-state index contributed by atoms with van der Waals surface area (Å²) in [5, 5.41) is 2.79. The van der Waals surface area contributed by atoms with Gasteiger partial charge in [-0.15, -0.1) is 0 Å². The van der Waals surface area contributed by atoms with Crippen molar-refractivity contribution >= 4 is 23.7 Å². The monoisotopic (exact) mass is 507 g/mol. The van der Waals surface area contributed by atoms with E-state index >= 15 is 0 Å². The van der Waals surface area contributed by atoms with E-state index in [0.717, 1.165) is 37.7 Å². The Kier molecular flexibility index (Phi) is 8.81. The molecule has 2 atom stereocenters. The Hall–Kier alpha value is -3.82. The number of nitrogens with one attached hydrogen (secondary N) is 1. The molecule has 0 radical (unpaired) electrons. The van der Waals surface area contributed by atoms with Gasteiger partial charge >= 0.3 is 5.97 Å². The van der Waals surface area contributed by atoms with Crippen LogP contribution in [-0.4, -0.2) is 82.3 Å². The van der Waals surface area contributed by atoms with Crippen LogP contribution >= 0.6 is 0 Å². The molecule has 37 heavy (non-hydrogen) atoms. The molecule has 2 aliphatic rings. The summed E-state index contributed by atoms with van der Waals surface area (Å²) < 4.78 is 4.93. The van der Waals surface area contributed by atoms with E-state index in [9.17, 15) is 19.2 Å². The molecule has 2 aromatic rings. The fourth-order valence-corrected chi connectivity index (χ4v) is 5.07. The zero-order chi connectivity index (χ0) is 26.2. The molecule has 2 unspecified atom stereocenters. The van der Waals surface area contributed by atoms with Crippen molar-refractivity contribution < 1.29 is 23.9 Å². The SMILES string of the molecule is COC(=O)C(Cc1cccnc1)NC(=O)C1CN(C(=O)c2cccnc2)CCN1C(=O)C1CCCCC1. The number of carbonyl (C=O) groups is 4. The molecule has 1 saturated heterocycles. The molecular weight excluding hydrogens is 474 g/mol. The lowest BCUT2D eigenvalue weighted by Gasteiger charge is -2.42. The summed E-state index contributed by atoms with van der Waals surface area (Å²) in [5.41, 5.74) is 1.17. The van der Waals surface area contributed by atoms with E-state index < -0.39 is 24.0 Å². The highest BCUT2D eigenvalue weighted by Gasteiger charge is 2.40. The van der Waals surface area contributed by atoms with Gasteiger partial charge in [0, 0.05) is 50.2 Å². The first-order valence-electron chi connectivity index (χ1n) is 12.7. The molecule has 1 aliphatic heterocycles. The maximum atomic E-state index is 13.6. The van der Waals surface area contributed by atoms with E-state index in [4.69, 9.17) is 4.74 Å². The van der Waals surface area contributed by atoms with E-state index in [0.29, 0.717) is 12.1 Å². The zero-order valence-corrected chi connectivity index (χ0v) is 21.0. The molecular formula is C27H33N5O5. The second kappa shape index (κ2) is 12.4. The predicted molar refractivity (Wildman–Crippen MR) is 134 cm³/mol. The normalized spacial score (nSPS) is 19.1. The van der Waals surface area contributed by atoms with Gasteiger partial charge in [-0.3, -0.25) is 24.4 Å². The molecule has 196 valence electrons. The van der Waals surface area contributed by atoms with Crippen LogP contribution in [0.25, 0.3) is 0 Å². The lowest BCUT2D eigenvalue weighted by molar-refractivity contribution is -0.150. The average Bonchev–Trinajstić information content (AvgIpc) is 2.96. The highest BCUT2D eigenvalue weighted by molar-refractivity contribution is 5.96. The summed E-state index contributed by atoms with van der Waals surface area (Å²) in [6, 6.07) is 5.02. The van der Waals surface area contributed by atoms with Gasteiger partial charge < -0.3 is 19.9 Å². The molecule has 3 amide bonds. The van der Waals surface area contributed by atoms with Crippen molar-refractivity contribution in [3.63, 3.8) is 0 Å². The fourth-order valence-electron chi connectivity index (χ4n) is 5.07. The van der Waals surface area contributed by atoms with E-state index in [-0.39, 0.29) is 37.2 Å². The zero-order valence-electron chi connectivity index (χ0n) is 21.0. The molecule has 1 N–H and O–H groups in total. The number of rotatable bonds is 7. The summed E-state index contributed by atoms with van der Waals surface area (Å²) in [4.78, 5) is 64.1. The van der Waals surface area contributed by atoms with Crippen LogP contribution in [0.15, 0.2) is 49.1 Å². The summed E-state index contributed by atoms with van der Waals surface area (Å²) in [5.74, 6) is -1.53. The first-order chi connectivity index (χ1) is 18.0. The minimum Gasteiger partial charge on any atom is -0.467 e. The fraction of sp³-hybridized carbons (Fsp3) is 0.481. The number of amides is 3. The quantitative estimate of drug-likeness (QED) is 0.565. The molecule has 0 spiro atoms. The highest BCUT2D eigenvalue weighted by Crippen LogP contribution is 2.27.